The van der Waals surface area contributed by atoms with Crippen LogP contribution in [0.4, 0.5) is 30.7 Å². The molecule has 0 aromatic rings. The molecule has 7 fully saturated rings. The molecule has 542 valence electrons. The summed E-state index contributed by atoms with van der Waals surface area (Å²) in [5, 5.41) is 9.65. The molecule has 13 aliphatic carbocycles. The van der Waals surface area contributed by atoms with Crippen molar-refractivity contribution in [2.24, 2.45) is 108 Å². The fourth-order valence-electron chi connectivity index (χ4n) is 22.7. The molecule has 18 heteroatoms. The van der Waals surface area contributed by atoms with Crippen LogP contribution in [0.2, 0.25) is 0 Å². The third-order valence-electron chi connectivity index (χ3n) is 28.5. The normalized spacial score (nSPS) is 40.0. The average Bonchev–Trinajstić information content (AvgIpc) is 1.51. The highest BCUT2D eigenvalue weighted by Crippen LogP contribution is 2.75. The van der Waals surface area contributed by atoms with Gasteiger partial charge in [-0.3, -0.25) is 38.4 Å². The van der Waals surface area contributed by atoms with Gasteiger partial charge in [0.1, 0.15) is 13.2 Å². The van der Waals surface area contributed by atoms with Crippen molar-refractivity contribution in [2.45, 2.75) is 226 Å². The van der Waals surface area contributed by atoms with Gasteiger partial charge in [0, 0.05) is 65.1 Å². The maximum absolute atomic E-state index is 14.8. The van der Waals surface area contributed by atoms with Crippen LogP contribution in [-0.2, 0) is 47.8 Å². The Kier molecular flexibility index (Phi) is 21.2. The Labute approximate surface area is 575 Å². The molecule has 0 spiro atoms. The van der Waals surface area contributed by atoms with Gasteiger partial charge in [0.15, 0.2) is 41.3 Å². The summed E-state index contributed by atoms with van der Waals surface area (Å²) in [6.07, 6.45) is 25.2. The van der Waals surface area contributed by atoms with Crippen LogP contribution < -0.4 is 0 Å². The molecule has 98 heavy (non-hydrogen) atoms. The molecule has 13 aliphatic rings. The molecule has 0 saturated heterocycles. The molecule has 0 aliphatic heterocycles. The van der Waals surface area contributed by atoms with Crippen molar-refractivity contribution in [3.05, 3.63) is 94.2 Å². The second kappa shape index (κ2) is 26.6. The number of carbonyl (C=O) groups excluding carboxylic acids is 8. The Morgan fingerprint density at radius 1 is 0.561 bits per heavy atom. The van der Waals surface area contributed by atoms with Crippen LogP contribution in [0, 0.1) is 108 Å². The van der Waals surface area contributed by atoms with Gasteiger partial charge in [-0.15, -0.1) is 0 Å². The molecule has 13 rings (SSSR count). The molecule has 0 heterocycles. The molecule has 1 N–H and O–H groups in total. The summed E-state index contributed by atoms with van der Waals surface area (Å²) in [6.45, 7) is 17.9. The fourth-order valence-corrected chi connectivity index (χ4v) is 22.7. The van der Waals surface area contributed by atoms with E-state index in [-0.39, 0.29) is 98.4 Å². The predicted molar refractivity (Wildman–Crippen MR) is 361 cm³/mol. The number of allylic oxidation sites excluding steroid dienone is 16. The van der Waals surface area contributed by atoms with Gasteiger partial charge < -0.3 is 14.6 Å². The smallest absolute Gasteiger partial charge is 0.453 e. The van der Waals surface area contributed by atoms with Crippen molar-refractivity contribution in [3.63, 3.8) is 0 Å². The number of carbonyl (C=O) groups is 8. The van der Waals surface area contributed by atoms with Crippen molar-refractivity contribution in [2.75, 3.05) is 19.8 Å². The minimum Gasteiger partial charge on any atom is -0.458 e. The first-order valence-electron chi connectivity index (χ1n) is 34.7. The number of hydrogen-bond acceptors (Lipinski definition) is 11. The summed E-state index contributed by atoms with van der Waals surface area (Å²) in [4.78, 5) is 98.2. The molecule has 0 radical (unpaired) electrons. The number of hydrogen-bond donors (Lipinski definition) is 1. The molecule has 6 unspecified atom stereocenters. The Balaban J connectivity index is 0.000000185. The van der Waals surface area contributed by atoms with Gasteiger partial charge in [-0.25, -0.2) is 8.78 Å². The SMILES string of the molecule is C.C.C.CC(=O)OCC(=O)[C@@]1(C)[C@H](C2CCC2)CC2C3CCC4=CC(=O)C=C[C@]4(C)C3=CC[C@@]21C.CC(=O)OCC(=O)[C@H]1[C@H](C(F)(F)C(F)(F)F)CC2C3CCC4=CC(=O)C=C[C@]4(C)C3=CC[C@@]21C.CC(F)(F)[C@@H]1CC2C3CCC4=CC(=O)CC[C@]4(C)C3=CC[C@]2(C)[C@@]1(C)C(=O)CO. The lowest BCUT2D eigenvalue weighted by molar-refractivity contribution is -0.306. The number of ether oxygens (including phenoxy) is 2. The molecule has 18 atom stereocenters. The number of halogens is 7. The minimum atomic E-state index is -5.81. The first-order valence-corrected chi connectivity index (χ1v) is 34.7. The minimum absolute atomic E-state index is 0. The molecule has 11 nitrogen and oxygen atoms in total. The average molecular weight is 1380 g/mol. The molecular weight excluding hydrogens is 1270 g/mol. The lowest BCUT2D eigenvalue weighted by Crippen LogP contribution is -2.53. The Morgan fingerprint density at radius 3 is 1.54 bits per heavy atom. The first kappa shape index (κ1) is 78.1. The zero-order chi connectivity index (χ0) is 69.6. The number of fused-ring (bicyclic) bond motifs is 15. The van der Waals surface area contributed by atoms with Gasteiger partial charge in [-0.2, -0.15) is 22.0 Å². The quantitative estimate of drug-likeness (QED) is 0.118. The van der Waals surface area contributed by atoms with Crippen LogP contribution in [0.3, 0.4) is 0 Å². The van der Waals surface area contributed by atoms with Gasteiger partial charge in [-0.1, -0.05) is 147 Å². The van der Waals surface area contributed by atoms with Gasteiger partial charge in [0.2, 0.25) is 5.92 Å². The summed E-state index contributed by atoms with van der Waals surface area (Å²) >= 11 is 0. The summed E-state index contributed by atoms with van der Waals surface area (Å²) in [6, 6.07) is 0. The molecule has 7 saturated carbocycles. The van der Waals surface area contributed by atoms with Crippen LogP contribution in [0.5, 0.6) is 0 Å². The summed E-state index contributed by atoms with van der Waals surface area (Å²) in [5.41, 5.74) is 2.47. The lowest BCUT2D eigenvalue weighted by Gasteiger charge is -2.55. The highest BCUT2D eigenvalue weighted by Gasteiger charge is 2.74. The topological polar surface area (TPSA) is 175 Å². The van der Waals surface area contributed by atoms with E-state index in [4.69, 9.17) is 9.47 Å². The molecule has 0 amide bonds. The maximum atomic E-state index is 14.8. The highest BCUT2D eigenvalue weighted by atomic mass is 19.4. The maximum Gasteiger partial charge on any atom is 0.453 e. The third kappa shape index (κ3) is 11.9. The van der Waals surface area contributed by atoms with Crippen molar-refractivity contribution in [3.8, 4) is 0 Å². The van der Waals surface area contributed by atoms with Crippen LogP contribution in [0.25, 0.3) is 0 Å². The number of esters is 2. The Morgan fingerprint density at radius 2 is 1.04 bits per heavy atom. The Bertz CT molecular complexity index is 3540. The van der Waals surface area contributed by atoms with Crippen LogP contribution >= 0.6 is 0 Å². The van der Waals surface area contributed by atoms with E-state index in [0.717, 1.165) is 69.9 Å². The summed E-state index contributed by atoms with van der Waals surface area (Å²) in [5.74, 6) is -14.2. The van der Waals surface area contributed by atoms with Crippen molar-refractivity contribution in [1.29, 1.82) is 0 Å². The number of Topliss-reactive ketones (excluding diaryl/α,β-unsaturated/α-hetero) is 3. The standard InChI is InChI=1S/C28H36O4.C25H27F5O4.C24H32F2O3.3CH4/c1-17(29)32-16-25(31)28(4)23(18-6-5-7-18)15-24-21-9-8-19-14-20(30)10-12-26(19,2)22(21)11-13-27(24,28)3;1-13(31)34-12-20(33)21-19(24(26,27)25(28,29)30)11-18-16-5-4-14-10-15(32)6-8-22(14,2)17(16)7-9-23(18,21)3;1-21-9-7-15(28)11-14(21)5-6-16-17(21)8-10-22(2)18(16)12-19(24(4,25)26)23(22,3)20(29)13-27;;;/h10-12,14,18,21,23-24H,5-9,13,15-16H2,1-4H3;6-8,10,16,18-19,21H,4-5,9,11-12H2,1-3H3;8,11,16,18-19,27H,5-7,9-10,12-13H2,1-4H3;3*1H4/t21?,23-,24?,26-,27-,28+;16?,18?,19-,21-,22+,23+;16?,18?,19-,21+,22+,23-;;;/m011.../s1. The number of rotatable bonds is 11. The van der Waals surface area contributed by atoms with Crippen molar-refractivity contribution in [1.82, 2.24) is 0 Å². The van der Waals surface area contributed by atoms with E-state index in [1.165, 1.54) is 54.6 Å². The van der Waals surface area contributed by atoms with E-state index < -0.39 is 106 Å². The molecule has 0 aromatic heterocycles. The van der Waals surface area contributed by atoms with Gasteiger partial charge in [-0.05, 0) is 198 Å². The van der Waals surface area contributed by atoms with E-state index in [0.29, 0.717) is 55.8 Å². The zero-order valence-corrected chi connectivity index (χ0v) is 56.9. The number of ketones is 6. The molecule has 0 aromatic carbocycles. The van der Waals surface area contributed by atoms with Gasteiger partial charge in [0.25, 0.3) is 0 Å². The highest BCUT2D eigenvalue weighted by molar-refractivity contribution is 6.02. The monoisotopic (exact) mass is 1380 g/mol. The van der Waals surface area contributed by atoms with E-state index >= 15 is 0 Å². The van der Waals surface area contributed by atoms with E-state index in [1.54, 1.807) is 32.1 Å². The summed E-state index contributed by atoms with van der Waals surface area (Å²) < 4.78 is 109. The predicted octanol–water partition coefficient (Wildman–Crippen LogP) is 17.6. The molecular formula is C80H107F7O11. The van der Waals surface area contributed by atoms with Gasteiger partial charge in [0.05, 0.1) is 0 Å². The second-order valence-electron chi connectivity index (χ2n) is 32.5. The first-order chi connectivity index (χ1) is 44.1. The number of alkyl halides is 7. The third-order valence-corrected chi connectivity index (χ3v) is 28.5. The van der Waals surface area contributed by atoms with Crippen molar-refractivity contribution < 1.29 is 83.7 Å². The van der Waals surface area contributed by atoms with E-state index in [9.17, 15) is 74.2 Å². The Hall–Kier alpha value is -5.65. The largest absolute Gasteiger partial charge is 0.458 e. The number of aliphatic hydroxyl groups excluding tert-OH is 1. The van der Waals surface area contributed by atoms with Crippen molar-refractivity contribution >= 4 is 46.6 Å². The van der Waals surface area contributed by atoms with Crippen LogP contribution in [0.15, 0.2) is 94.2 Å². The zero-order valence-electron chi connectivity index (χ0n) is 56.9. The fraction of sp³-hybridized carbons (Fsp3) is 0.700. The van der Waals surface area contributed by atoms with Gasteiger partial charge >= 0.3 is 24.0 Å². The van der Waals surface area contributed by atoms with Crippen LogP contribution in [0.1, 0.15) is 208 Å². The second-order valence-corrected chi connectivity index (χ2v) is 32.5. The lowest BCUT2D eigenvalue weighted by atomic mass is 9.48. The molecule has 0 bridgehead atoms. The van der Waals surface area contributed by atoms with E-state index in [1.807, 2.05) is 32.1 Å². The van der Waals surface area contributed by atoms with Crippen LogP contribution in [-0.4, -0.2) is 89.6 Å². The van der Waals surface area contributed by atoms with E-state index in [2.05, 4.69) is 45.9 Å². The number of aliphatic hydroxyl groups is 1. The summed E-state index contributed by atoms with van der Waals surface area (Å²) in [7, 11) is 0.